The minimum absolute atomic E-state index is 0.0514. The molecule has 1 aliphatic rings. The van der Waals surface area contributed by atoms with E-state index in [1.807, 2.05) is 36.9 Å². The molecule has 5 heteroatoms. The van der Waals surface area contributed by atoms with E-state index in [0.717, 1.165) is 39.1 Å². The van der Waals surface area contributed by atoms with Crippen LogP contribution in [0.4, 0.5) is 4.39 Å². The van der Waals surface area contributed by atoms with Crippen molar-refractivity contribution in [3.63, 3.8) is 0 Å². The number of rotatable bonds is 6. The zero-order valence-electron chi connectivity index (χ0n) is 14.3. The van der Waals surface area contributed by atoms with Crippen molar-refractivity contribution in [2.45, 2.75) is 25.8 Å². The van der Waals surface area contributed by atoms with Gasteiger partial charge in [-0.3, -0.25) is 9.69 Å². The molecule has 0 aliphatic carbocycles. The van der Waals surface area contributed by atoms with Crippen LogP contribution in [0.1, 0.15) is 31.4 Å². The van der Waals surface area contributed by atoms with Crippen LogP contribution in [-0.2, 0) is 9.53 Å². The maximum Gasteiger partial charge on any atom is 0.244 e. The molecule has 4 nitrogen and oxygen atoms in total. The van der Waals surface area contributed by atoms with Crippen LogP contribution in [0, 0.1) is 11.7 Å². The van der Waals surface area contributed by atoms with Gasteiger partial charge < -0.3 is 9.64 Å². The van der Waals surface area contributed by atoms with Gasteiger partial charge in [-0.2, -0.15) is 0 Å². The molecule has 1 aliphatic heterocycles. The zero-order valence-corrected chi connectivity index (χ0v) is 14.3. The highest BCUT2D eigenvalue weighted by Gasteiger charge is 2.30. The molecule has 0 saturated carbocycles. The van der Waals surface area contributed by atoms with E-state index in [9.17, 15) is 9.18 Å². The molecular weight excluding hydrogens is 295 g/mol. The van der Waals surface area contributed by atoms with Gasteiger partial charge in [-0.05, 0) is 57.5 Å². The van der Waals surface area contributed by atoms with E-state index in [-0.39, 0.29) is 11.7 Å². The fourth-order valence-corrected chi connectivity index (χ4v) is 3.12. The van der Waals surface area contributed by atoms with Crippen LogP contribution in [0.25, 0.3) is 0 Å². The molecule has 1 heterocycles. The topological polar surface area (TPSA) is 32.8 Å². The molecule has 0 N–H and O–H groups in total. The average molecular weight is 322 g/mol. The molecule has 1 fully saturated rings. The lowest BCUT2D eigenvalue weighted by Crippen LogP contribution is -2.45. The van der Waals surface area contributed by atoms with E-state index < -0.39 is 6.04 Å². The summed E-state index contributed by atoms with van der Waals surface area (Å²) in [7, 11) is 3.71. The Balaban J connectivity index is 2.02. The largest absolute Gasteiger partial charge is 0.381 e. The second kappa shape index (κ2) is 8.41. The molecule has 23 heavy (non-hydrogen) atoms. The van der Waals surface area contributed by atoms with Crippen LogP contribution in [0.15, 0.2) is 24.3 Å². The fraction of sp³-hybridized carbons (Fsp3) is 0.611. The number of halogens is 1. The third kappa shape index (κ3) is 4.75. The van der Waals surface area contributed by atoms with Gasteiger partial charge in [0.2, 0.25) is 5.91 Å². The lowest BCUT2D eigenvalue weighted by Gasteiger charge is -2.36. The van der Waals surface area contributed by atoms with Crippen molar-refractivity contribution in [2.24, 2.45) is 5.92 Å². The van der Waals surface area contributed by atoms with Crippen LogP contribution in [0.5, 0.6) is 0 Å². The van der Waals surface area contributed by atoms with E-state index in [1.54, 1.807) is 6.07 Å². The molecule has 1 unspecified atom stereocenters. The summed E-state index contributed by atoms with van der Waals surface area (Å²) in [4.78, 5) is 16.7. The van der Waals surface area contributed by atoms with Gasteiger partial charge in [-0.1, -0.05) is 12.1 Å². The highest BCUT2D eigenvalue weighted by Crippen LogP contribution is 2.25. The normalized spacial score (nSPS) is 17.5. The first-order valence-corrected chi connectivity index (χ1v) is 8.31. The molecule has 1 aromatic carbocycles. The lowest BCUT2D eigenvalue weighted by molar-refractivity contribution is -0.138. The summed E-state index contributed by atoms with van der Waals surface area (Å²) in [5.41, 5.74) is 0.705. The van der Waals surface area contributed by atoms with Crippen molar-refractivity contribution in [1.29, 1.82) is 0 Å². The van der Waals surface area contributed by atoms with Gasteiger partial charge in [0.15, 0.2) is 0 Å². The van der Waals surface area contributed by atoms with Gasteiger partial charge in [0.05, 0.1) is 0 Å². The lowest BCUT2D eigenvalue weighted by atomic mass is 9.96. The van der Waals surface area contributed by atoms with Gasteiger partial charge in [0.25, 0.3) is 0 Å². The number of benzene rings is 1. The Morgan fingerprint density at radius 2 is 2.09 bits per heavy atom. The Morgan fingerprint density at radius 3 is 2.65 bits per heavy atom. The number of piperidine rings is 1. The summed E-state index contributed by atoms with van der Waals surface area (Å²) in [5, 5.41) is 0. The molecular formula is C18H27FN2O2. The molecule has 1 aromatic rings. The van der Waals surface area contributed by atoms with Crippen molar-refractivity contribution < 1.29 is 13.9 Å². The number of likely N-dealkylation sites (N-methyl/N-ethyl adjacent to an activating group) is 1. The zero-order chi connectivity index (χ0) is 16.8. The maximum atomic E-state index is 13.5. The minimum atomic E-state index is -0.436. The van der Waals surface area contributed by atoms with Crippen molar-refractivity contribution >= 4 is 5.91 Å². The number of carbonyl (C=O) groups is 1. The Labute approximate surface area is 138 Å². The summed E-state index contributed by atoms with van der Waals surface area (Å²) in [6.45, 7) is 5.01. The number of amides is 1. The second-order valence-corrected chi connectivity index (χ2v) is 6.35. The molecule has 0 aromatic heterocycles. The Bertz CT molecular complexity index is 513. The molecule has 1 atom stereocenters. The first-order valence-electron chi connectivity index (χ1n) is 8.31. The van der Waals surface area contributed by atoms with Gasteiger partial charge in [0, 0.05) is 26.3 Å². The molecule has 0 bridgehead atoms. The van der Waals surface area contributed by atoms with Gasteiger partial charge >= 0.3 is 0 Å². The smallest absolute Gasteiger partial charge is 0.244 e. The number of likely N-dealkylation sites (tertiary alicyclic amines) is 1. The maximum absolute atomic E-state index is 13.5. The number of hydrogen-bond acceptors (Lipinski definition) is 3. The molecule has 0 radical (unpaired) electrons. The number of ether oxygens (including phenoxy) is 1. The Hall–Kier alpha value is -1.46. The SMILES string of the molecule is CCOCC1CCN(C(=O)C(c2cccc(F)c2)N(C)C)CC1. The summed E-state index contributed by atoms with van der Waals surface area (Å²) in [5.74, 6) is 0.277. The van der Waals surface area contributed by atoms with E-state index in [2.05, 4.69) is 0 Å². The number of nitrogens with zero attached hydrogens (tertiary/aromatic N) is 2. The summed E-state index contributed by atoms with van der Waals surface area (Å²) in [6, 6.07) is 5.88. The quantitative estimate of drug-likeness (QED) is 0.807. The number of hydrogen-bond donors (Lipinski definition) is 0. The molecule has 0 spiro atoms. The van der Waals surface area contributed by atoms with Crippen LogP contribution in [-0.4, -0.2) is 56.1 Å². The fourth-order valence-electron chi connectivity index (χ4n) is 3.12. The number of carbonyl (C=O) groups excluding carboxylic acids is 1. The predicted molar refractivity (Wildman–Crippen MR) is 88.6 cm³/mol. The average Bonchev–Trinajstić information content (AvgIpc) is 2.53. The van der Waals surface area contributed by atoms with Crippen molar-refractivity contribution in [3.05, 3.63) is 35.6 Å². The van der Waals surface area contributed by atoms with E-state index in [4.69, 9.17) is 4.74 Å². The molecule has 128 valence electrons. The molecule has 1 saturated heterocycles. The van der Waals surface area contributed by atoms with E-state index in [1.165, 1.54) is 12.1 Å². The molecule has 1 amide bonds. The Kier molecular flexibility index (Phi) is 6.54. The first-order chi connectivity index (χ1) is 11.0. The van der Waals surface area contributed by atoms with Crippen molar-refractivity contribution in [3.8, 4) is 0 Å². The van der Waals surface area contributed by atoms with Crippen molar-refractivity contribution in [2.75, 3.05) is 40.4 Å². The van der Waals surface area contributed by atoms with Crippen molar-refractivity contribution in [1.82, 2.24) is 9.80 Å². The highest BCUT2D eigenvalue weighted by atomic mass is 19.1. The van der Waals surface area contributed by atoms with Crippen LogP contribution >= 0.6 is 0 Å². The third-order valence-corrected chi connectivity index (χ3v) is 4.40. The standard InChI is InChI=1S/C18H27FN2O2/c1-4-23-13-14-8-10-21(11-9-14)18(22)17(20(2)3)15-6-5-7-16(19)12-15/h5-7,12,14,17H,4,8-11,13H2,1-3H3. The Morgan fingerprint density at radius 1 is 1.39 bits per heavy atom. The predicted octanol–water partition coefficient (Wildman–Crippen LogP) is 2.70. The monoisotopic (exact) mass is 322 g/mol. The van der Waals surface area contributed by atoms with Gasteiger partial charge in [0.1, 0.15) is 11.9 Å². The van der Waals surface area contributed by atoms with Crippen LogP contribution in [0.2, 0.25) is 0 Å². The van der Waals surface area contributed by atoms with E-state index in [0.29, 0.717) is 11.5 Å². The van der Waals surface area contributed by atoms with Crippen LogP contribution < -0.4 is 0 Å². The summed E-state index contributed by atoms with van der Waals surface area (Å²) >= 11 is 0. The third-order valence-electron chi connectivity index (χ3n) is 4.40. The summed E-state index contributed by atoms with van der Waals surface area (Å²) < 4.78 is 19.0. The second-order valence-electron chi connectivity index (χ2n) is 6.35. The van der Waals surface area contributed by atoms with Gasteiger partial charge in [-0.25, -0.2) is 4.39 Å². The first kappa shape index (κ1) is 17.9. The van der Waals surface area contributed by atoms with Gasteiger partial charge in [-0.15, -0.1) is 0 Å². The van der Waals surface area contributed by atoms with Crippen LogP contribution in [0.3, 0.4) is 0 Å². The summed E-state index contributed by atoms with van der Waals surface area (Å²) in [6.07, 6.45) is 1.93. The molecule has 2 rings (SSSR count). The minimum Gasteiger partial charge on any atom is -0.381 e. The van der Waals surface area contributed by atoms with E-state index >= 15 is 0 Å². The highest BCUT2D eigenvalue weighted by molar-refractivity contribution is 5.83.